The highest BCUT2D eigenvalue weighted by molar-refractivity contribution is 7.49. The van der Waals surface area contributed by atoms with E-state index in [1.807, 2.05) is 0 Å². The van der Waals surface area contributed by atoms with Crippen molar-refractivity contribution in [3.8, 4) is 0 Å². The zero-order chi connectivity index (χ0) is 6.69. The molecular formula is H3N4O2P3. The lowest BCUT2D eigenvalue weighted by molar-refractivity contribution is -0.299. The molecule has 0 saturated heterocycles. The summed E-state index contributed by atoms with van der Waals surface area (Å²) in [5.41, 5.74) is 0. The van der Waals surface area contributed by atoms with Crippen molar-refractivity contribution >= 4 is 25.0 Å². The van der Waals surface area contributed by atoms with Crippen LogP contribution >= 0.6 is 25.0 Å². The van der Waals surface area contributed by atoms with Crippen molar-refractivity contribution in [2.75, 3.05) is 0 Å². The second-order valence-corrected chi connectivity index (χ2v) is 4.93. The number of rotatable bonds is 1. The van der Waals surface area contributed by atoms with Crippen molar-refractivity contribution in [3.05, 3.63) is 10.1 Å². The van der Waals surface area contributed by atoms with Gasteiger partial charge >= 0.3 is 8.00 Å². The highest BCUT2D eigenvalue weighted by Crippen LogP contribution is 2.20. The van der Waals surface area contributed by atoms with E-state index in [4.69, 9.17) is 0 Å². The van der Waals surface area contributed by atoms with Crippen LogP contribution in [0.25, 0.3) is 0 Å². The molecule has 0 aliphatic heterocycles. The molecule has 0 amide bonds. The van der Waals surface area contributed by atoms with Gasteiger partial charge in [-0.05, 0) is 0 Å². The minimum atomic E-state index is -1.50. The second-order valence-electron chi connectivity index (χ2n) is 1.07. The molecule has 0 spiro atoms. The van der Waals surface area contributed by atoms with Gasteiger partial charge in [-0.25, -0.2) is 0 Å². The summed E-state index contributed by atoms with van der Waals surface area (Å²) < 4.78 is 8.69. The lowest BCUT2D eigenvalue weighted by Gasteiger charge is -1.85. The van der Waals surface area contributed by atoms with Gasteiger partial charge in [0.15, 0.2) is 0 Å². The van der Waals surface area contributed by atoms with Crippen molar-refractivity contribution in [1.29, 1.82) is 0 Å². The van der Waals surface area contributed by atoms with Crippen LogP contribution in [0.4, 0.5) is 0 Å². The molecule has 1 aromatic rings. The fraction of sp³-hybridized carbons (Fsp3) is 0. The first-order chi connectivity index (χ1) is 4.30. The van der Waals surface area contributed by atoms with E-state index in [1.165, 1.54) is 0 Å². The summed E-state index contributed by atoms with van der Waals surface area (Å²) in [6.07, 6.45) is 0. The van der Waals surface area contributed by atoms with Gasteiger partial charge in [-0.2, -0.15) is 0 Å². The van der Waals surface area contributed by atoms with Gasteiger partial charge in [0.1, 0.15) is 13.2 Å². The molecular weight excluding hydrogens is 181 g/mol. The largest absolute Gasteiger partial charge is 0.423 e. The van der Waals surface area contributed by atoms with Crippen LogP contribution in [-0.4, -0.2) is 18.2 Å². The van der Waals surface area contributed by atoms with E-state index in [-0.39, 0.29) is 8.51 Å². The molecule has 0 bridgehead atoms. The van der Waals surface area contributed by atoms with E-state index in [9.17, 15) is 10.1 Å². The lowest BCUT2D eigenvalue weighted by Crippen LogP contribution is -1.82. The molecule has 50 valence electrons. The van der Waals surface area contributed by atoms with Crippen molar-refractivity contribution in [3.63, 3.8) is 0 Å². The predicted octanol–water partition coefficient (Wildman–Crippen LogP) is 1.50. The summed E-state index contributed by atoms with van der Waals surface area (Å²) in [5, 5.41) is 10.0. The highest BCUT2D eigenvalue weighted by atomic mass is 31.2. The number of hydrogen-bond acceptors (Lipinski definition) is 3. The fourth-order valence-corrected chi connectivity index (χ4v) is 3.60. The van der Waals surface area contributed by atoms with Crippen molar-refractivity contribution < 1.29 is 4.69 Å². The first-order valence-corrected chi connectivity index (χ1v) is 5.01. The maximum Gasteiger partial charge on any atom is 0.423 e. The molecule has 2 unspecified atom stereocenters. The quantitative estimate of drug-likeness (QED) is 0.511. The minimum absolute atomic E-state index is 0.256. The van der Waals surface area contributed by atoms with Crippen LogP contribution in [-0.2, 0) is 0 Å². The Balaban J connectivity index is 2.98. The Morgan fingerprint density at radius 2 is 2.67 bits per heavy atom. The predicted molar refractivity (Wildman–Crippen MR) is 37.7 cm³/mol. The number of nitrogens with zero attached hydrogens (tertiary/aromatic N) is 2. The van der Waals surface area contributed by atoms with E-state index in [2.05, 4.69) is 13.5 Å². The summed E-state index contributed by atoms with van der Waals surface area (Å²) in [4.78, 5) is 10.0. The van der Waals surface area contributed by atoms with Gasteiger partial charge in [0, 0.05) is 8.51 Å². The Morgan fingerprint density at radius 1 is 1.89 bits per heavy atom. The molecule has 0 aliphatic carbocycles. The maximum absolute atomic E-state index is 10.0. The number of aromatic amines is 2. The van der Waals surface area contributed by atoms with E-state index < -0.39 is 12.7 Å². The van der Waals surface area contributed by atoms with E-state index >= 15 is 0 Å². The molecule has 2 atom stereocenters. The van der Waals surface area contributed by atoms with E-state index in [0.717, 1.165) is 0 Å². The lowest BCUT2D eigenvalue weighted by atomic mass is 13.4. The van der Waals surface area contributed by atoms with Gasteiger partial charge in [0.25, 0.3) is 0 Å². The number of hydrogen-bond donors (Lipinski definition) is 2. The van der Waals surface area contributed by atoms with Crippen LogP contribution < -0.4 is 0 Å². The SMILES string of the molecule is O=[N+]([O-])p1np[nH][pH][nH]1. The smallest absolute Gasteiger partial charge is 0.302 e. The molecule has 0 radical (unpaired) electrons. The molecule has 0 saturated carbocycles. The van der Waals surface area contributed by atoms with Crippen LogP contribution in [0.2, 0.25) is 0 Å². The monoisotopic (exact) mass is 184 g/mol. The molecule has 1 aromatic heterocycles. The Hall–Kier alpha value is -0.300. The van der Waals surface area contributed by atoms with Crippen molar-refractivity contribution in [2.24, 2.45) is 0 Å². The number of nitrogens with one attached hydrogen (secondary N) is 2. The van der Waals surface area contributed by atoms with Gasteiger partial charge in [-0.1, -0.05) is 0 Å². The number of nitro groups is 1. The van der Waals surface area contributed by atoms with Gasteiger partial charge in [0.05, 0.1) is 0 Å². The highest BCUT2D eigenvalue weighted by Gasteiger charge is 2.02. The number of aromatic nitrogens is 3. The van der Waals surface area contributed by atoms with Gasteiger partial charge in [-0.15, -0.1) is 4.51 Å². The zero-order valence-corrected chi connectivity index (χ0v) is 6.89. The van der Waals surface area contributed by atoms with Gasteiger partial charge in [-0.3, -0.25) is 14.6 Å². The Morgan fingerprint density at radius 3 is 3.00 bits per heavy atom. The van der Waals surface area contributed by atoms with Crippen molar-refractivity contribution in [2.45, 2.75) is 0 Å². The molecule has 2 N–H and O–H groups in total. The summed E-state index contributed by atoms with van der Waals surface area (Å²) in [6, 6.07) is 0. The first-order valence-electron chi connectivity index (χ1n) is 1.91. The average Bonchev–Trinajstić information content (AvgIpc) is 1.90. The normalized spacial score (nSPS) is 12.7. The molecule has 0 aromatic carbocycles. The van der Waals surface area contributed by atoms with Gasteiger partial charge < -0.3 is 4.51 Å². The summed E-state index contributed by atoms with van der Waals surface area (Å²) in [7, 11) is -0.625. The summed E-state index contributed by atoms with van der Waals surface area (Å²) in [6.45, 7) is 0. The Kier molecular flexibility index (Phi) is 2.29. The molecule has 6 nitrogen and oxygen atoms in total. The molecule has 1 rings (SSSR count). The van der Waals surface area contributed by atoms with Crippen LogP contribution in [0.5, 0.6) is 0 Å². The molecule has 0 fully saturated rings. The summed E-state index contributed by atoms with van der Waals surface area (Å²) in [5.74, 6) is 0. The zero-order valence-electron chi connectivity index (χ0n) is 4.11. The average molecular weight is 184 g/mol. The second kappa shape index (κ2) is 3.02. The first kappa shape index (κ1) is 6.81. The third-order valence-corrected chi connectivity index (χ3v) is 3.99. The van der Waals surface area contributed by atoms with Crippen LogP contribution in [0.1, 0.15) is 0 Å². The Bertz CT molecular complexity index is 210. The van der Waals surface area contributed by atoms with Crippen molar-refractivity contribution in [1.82, 2.24) is 13.5 Å². The molecule has 0 aliphatic rings. The third kappa shape index (κ3) is 1.83. The van der Waals surface area contributed by atoms with Crippen LogP contribution in [0, 0.1) is 10.1 Å². The minimum Gasteiger partial charge on any atom is -0.302 e. The fourth-order valence-electron chi connectivity index (χ4n) is 0.261. The maximum atomic E-state index is 10.0. The van der Waals surface area contributed by atoms with Gasteiger partial charge in [0.2, 0.25) is 0 Å². The summed E-state index contributed by atoms with van der Waals surface area (Å²) >= 11 is 0. The standard InChI is InChI=1S/H3N4O2P3/c5-4(6)9-2-7-1-8-3-9/h2,7H,(H,1,3). The third-order valence-electron chi connectivity index (χ3n) is 0.546. The molecule has 1 heterocycles. The van der Waals surface area contributed by atoms with E-state index in [0.29, 0.717) is 8.51 Å². The van der Waals surface area contributed by atoms with E-state index in [1.54, 1.807) is 0 Å². The van der Waals surface area contributed by atoms with Crippen LogP contribution in [0.3, 0.4) is 0 Å². The molecule has 9 heavy (non-hydrogen) atoms. The van der Waals surface area contributed by atoms with Crippen LogP contribution in [0.15, 0.2) is 0 Å². The number of H-pyrrole nitrogens is 2. The Labute approximate surface area is 54.2 Å². The topological polar surface area (TPSA) is 87.6 Å². The molecule has 9 heteroatoms.